The summed E-state index contributed by atoms with van der Waals surface area (Å²) >= 11 is 5.36. The van der Waals surface area contributed by atoms with Gasteiger partial charge in [0.15, 0.2) is 0 Å². The Hall–Kier alpha value is 0.1000. The van der Waals surface area contributed by atoms with Crippen molar-refractivity contribution in [2.24, 2.45) is 11.1 Å². The van der Waals surface area contributed by atoms with E-state index in [0.717, 1.165) is 13.1 Å². The highest BCUT2D eigenvalue weighted by atomic mass is 79.9. The van der Waals surface area contributed by atoms with Gasteiger partial charge >= 0.3 is 0 Å². The second-order valence-electron chi connectivity index (χ2n) is 6.41. The highest BCUT2D eigenvalue weighted by Gasteiger charge is 2.48. The molecule has 4 heteroatoms. The Morgan fingerprint density at radius 3 is 2.58 bits per heavy atom. The molecule has 19 heavy (non-hydrogen) atoms. The Morgan fingerprint density at radius 2 is 2.05 bits per heavy atom. The van der Waals surface area contributed by atoms with E-state index in [4.69, 9.17) is 5.73 Å². The molecule has 0 bridgehead atoms. The Kier molecular flexibility index (Phi) is 4.76. The summed E-state index contributed by atoms with van der Waals surface area (Å²) in [6.45, 7) is 6.53. The van der Waals surface area contributed by atoms with Crippen LogP contribution in [0.1, 0.15) is 44.4 Å². The summed E-state index contributed by atoms with van der Waals surface area (Å²) in [5, 5.41) is 2.16. The first-order chi connectivity index (χ1) is 8.91. The molecule has 1 aliphatic rings. The van der Waals surface area contributed by atoms with E-state index in [0.29, 0.717) is 5.41 Å². The smallest absolute Gasteiger partial charge is 0.0383 e. The summed E-state index contributed by atoms with van der Waals surface area (Å²) in [5.41, 5.74) is 6.66. The molecule has 2 rings (SSSR count). The number of likely N-dealkylation sites (N-methyl/N-ethyl adjacent to an activating group) is 1. The number of nitrogens with two attached hydrogens (primary N) is 1. The van der Waals surface area contributed by atoms with Crippen LogP contribution in [0, 0.1) is 5.41 Å². The van der Waals surface area contributed by atoms with E-state index < -0.39 is 0 Å². The van der Waals surface area contributed by atoms with Crippen molar-refractivity contribution in [1.29, 1.82) is 0 Å². The minimum Gasteiger partial charge on any atom is -0.329 e. The number of thiophene rings is 1. The summed E-state index contributed by atoms with van der Waals surface area (Å²) < 4.78 is 1.19. The highest BCUT2D eigenvalue weighted by molar-refractivity contribution is 9.10. The molecule has 0 amide bonds. The Balaban J connectivity index is 2.20. The van der Waals surface area contributed by atoms with Gasteiger partial charge in [-0.3, -0.25) is 4.90 Å². The second-order valence-corrected chi connectivity index (χ2v) is 8.33. The highest BCUT2D eigenvalue weighted by Crippen LogP contribution is 2.47. The third-order valence-electron chi connectivity index (χ3n) is 4.99. The fourth-order valence-electron chi connectivity index (χ4n) is 3.62. The SMILES string of the molecule is CN(Cc1cc(Br)cs1)C1(CN)CCCCC1(C)C. The predicted molar refractivity (Wildman–Crippen MR) is 87.5 cm³/mol. The molecule has 0 aromatic carbocycles. The Labute approximate surface area is 129 Å². The van der Waals surface area contributed by atoms with Crippen LogP contribution in [-0.2, 0) is 6.54 Å². The lowest BCUT2D eigenvalue weighted by Gasteiger charge is -2.55. The van der Waals surface area contributed by atoms with Gasteiger partial charge in [-0.05, 0) is 47.3 Å². The molecular weight excluding hydrogens is 320 g/mol. The number of hydrogen-bond donors (Lipinski definition) is 1. The fourth-order valence-corrected chi connectivity index (χ4v) is 5.12. The molecule has 0 spiro atoms. The van der Waals surface area contributed by atoms with Gasteiger partial charge in [0.25, 0.3) is 0 Å². The lowest BCUT2D eigenvalue weighted by molar-refractivity contribution is -0.0329. The van der Waals surface area contributed by atoms with Crippen LogP contribution in [0.15, 0.2) is 15.9 Å². The molecule has 1 saturated carbocycles. The van der Waals surface area contributed by atoms with Gasteiger partial charge in [0.1, 0.15) is 0 Å². The van der Waals surface area contributed by atoms with Gasteiger partial charge in [-0.1, -0.05) is 26.7 Å². The molecule has 0 saturated heterocycles. The fraction of sp³-hybridized carbons (Fsp3) is 0.733. The zero-order valence-corrected chi connectivity index (χ0v) is 14.6. The van der Waals surface area contributed by atoms with E-state index in [1.807, 2.05) is 11.3 Å². The van der Waals surface area contributed by atoms with Crippen molar-refractivity contribution < 1.29 is 0 Å². The van der Waals surface area contributed by atoms with Crippen molar-refractivity contribution in [2.75, 3.05) is 13.6 Å². The minimum absolute atomic E-state index is 0.141. The molecule has 108 valence electrons. The minimum atomic E-state index is 0.141. The first kappa shape index (κ1) is 15.5. The van der Waals surface area contributed by atoms with E-state index in [1.165, 1.54) is 35.0 Å². The Bertz CT molecular complexity index is 430. The van der Waals surface area contributed by atoms with Crippen LogP contribution in [0.5, 0.6) is 0 Å². The maximum Gasteiger partial charge on any atom is 0.0383 e. The van der Waals surface area contributed by atoms with Crippen molar-refractivity contribution >= 4 is 27.3 Å². The van der Waals surface area contributed by atoms with E-state index in [-0.39, 0.29) is 5.54 Å². The summed E-state index contributed by atoms with van der Waals surface area (Å²) in [6, 6.07) is 2.22. The van der Waals surface area contributed by atoms with Crippen LogP contribution in [0.4, 0.5) is 0 Å². The summed E-state index contributed by atoms with van der Waals surface area (Å²) in [6.07, 6.45) is 5.15. The van der Waals surface area contributed by atoms with Crippen LogP contribution < -0.4 is 5.73 Å². The van der Waals surface area contributed by atoms with Crippen LogP contribution in [0.25, 0.3) is 0 Å². The molecule has 1 aliphatic carbocycles. The van der Waals surface area contributed by atoms with Crippen molar-refractivity contribution in [2.45, 2.75) is 51.6 Å². The monoisotopic (exact) mass is 344 g/mol. The number of hydrogen-bond acceptors (Lipinski definition) is 3. The maximum absolute atomic E-state index is 6.23. The van der Waals surface area contributed by atoms with Gasteiger partial charge < -0.3 is 5.73 Å². The van der Waals surface area contributed by atoms with Gasteiger partial charge in [0.05, 0.1) is 0 Å². The van der Waals surface area contributed by atoms with E-state index in [2.05, 4.69) is 53.2 Å². The molecule has 1 fully saturated rings. The molecule has 1 unspecified atom stereocenters. The van der Waals surface area contributed by atoms with Crippen LogP contribution >= 0.6 is 27.3 Å². The second kappa shape index (κ2) is 5.84. The third-order valence-corrected chi connectivity index (χ3v) is 6.67. The molecule has 1 heterocycles. The molecular formula is C15H25BrN2S. The lowest BCUT2D eigenvalue weighted by Crippen LogP contribution is -2.62. The molecule has 1 aromatic heterocycles. The van der Waals surface area contributed by atoms with Crippen molar-refractivity contribution in [3.05, 3.63) is 20.8 Å². The molecule has 0 radical (unpaired) electrons. The maximum atomic E-state index is 6.23. The van der Waals surface area contributed by atoms with Crippen molar-refractivity contribution in [3.63, 3.8) is 0 Å². The normalized spacial score (nSPS) is 26.8. The average Bonchev–Trinajstić information content (AvgIpc) is 2.74. The van der Waals surface area contributed by atoms with E-state index >= 15 is 0 Å². The molecule has 1 atom stereocenters. The number of rotatable bonds is 4. The van der Waals surface area contributed by atoms with Gasteiger partial charge in [-0.25, -0.2) is 0 Å². The van der Waals surface area contributed by atoms with Gasteiger partial charge in [-0.15, -0.1) is 11.3 Å². The van der Waals surface area contributed by atoms with Crippen LogP contribution in [-0.4, -0.2) is 24.0 Å². The third kappa shape index (κ3) is 2.92. The number of nitrogens with zero attached hydrogens (tertiary/aromatic N) is 1. The topological polar surface area (TPSA) is 29.3 Å². The number of halogens is 1. The molecule has 1 aromatic rings. The van der Waals surface area contributed by atoms with Crippen LogP contribution in [0.2, 0.25) is 0 Å². The average molecular weight is 345 g/mol. The largest absolute Gasteiger partial charge is 0.329 e. The van der Waals surface area contributed by atoms with Crippen molar-refractivity contribution in [1.82, 2.24) is 4.90 Å². The molecule has 2 N–H and O–H groups in total. The standard InChI is InChI=1S/C15H25BrN2S/c1-14(2)6-4-5-7-15(14,11-17)18(3)9-13-8-12(16)10-19-13/h8,10H,4-7,9,11,17H2,1-3H3. The van der Waals surface area contributed by atoms with Crippen LogP contribution in [0.3, 0.4) is 0 Å². The van der Waals surface area contributed by atoms with E-state index in [1.54, 1.807) is 0 Å². The molecule has 0 aliphatic heterocycles. The van der Waals surface area contributed by atoms with Gasteiger partial charge in [-0.2, -0.15) is 0 Å². The first-order valence-electron chi connectivity index (χ1n) is 7.05. The van der Waals surface area contributed by atoms with Gasteiger partial charge in [0, 0.05) is 33.4 Å². The van der Waals surface area contributed by atoms with E-state index in [9.17, 15) is 0 Å². The first-order valence-corrected chi connectivity index (χ1v) is 8.73. The van der Waals surface area contributed by atoms with Gasteiger partial charge in [0.2, 0.25) is 0 Å². The van der Waals surface area contributed by atoms with Crippen molar-refractivity contribution in [3.8, 4) is 0 Å². The quantitative estimate of drug-likeness (QED) is 0.884. The zero-order chi connectivity index (χ0) is 14.1. The summed E-state index contributed by atoms with van der Waals surface area (Å²) in [4.78, 5) is 3.91. The summed E-state index contributed by atoms with van der Waals surface area (Å²) in [5.74, 6) is 0. The Morgan fingerprint density at radius 1 is 1.37 bits per heavy atom. The molecule has 2 nitrogen and oxygen atoms in total. The predicted octanol–water partition coefficient (Wildman–Crippen LogP) is 4.24. The summed E-state index contributed by atoms with van der Waals surface area (Å²) in [7, 11) is 2.24. The lowest BCUT2D eigenvalue weighted by atomic mass is 9.62. The zero-order valence-electron chi connectivity index (χ0n) is 12.2.